The van der Waals surface area contributed by atoms with E-state index in [9.17, 15) is 35.1 Å². The summed E-state index contributed by atoms with van der Waals surface area (Å²) in [7, 11) is 1.34. The number of nitro benzene ring substituents is 3. The number of non-ortho nitro benzene ring substituents is 2. The molecule has 140 valence electrons. The molecule has 0 atom stereocenters. The number of carbonyl (C=O) groups excluding carboxylic acids is 1. The second-order valence-corrected chi connectivity index (χ2v) is 5.36. The van der Waals surface area contributed by atoms with Crippen LogP contribution in [0.5, 0.6) is 0 Å². The molecule has 0 aliphatic rings. The summed E-state index contributed by atoms with van der Waals surface area (Å²) in [5.41, 5.74) is -1.32. The highest BCUT2D eigenvalue weighted by Gasteiger charge is 2.27. The highest BCUT2D eigenvalue weighted by atomic mass is 16.6. The van der Waals surface area contributed by atoms with Gasteiger partial charge in [-0.3, -0.25) is 35.1 Å². The number of amides is 1. The van der Waals surface area contributed by atoms with Gasteiger partial charge in [0.25, 0.3) is 23.0 Å². The van der Waals surface area contributed by atoms with Gasteiger partial charge in [-0.25, -0.2) is 0 Å². The number of hydrogen-bond donors (Lipinski definition) is 2. The molecule has 0 unspecified atom stereocenters. The molecule has 12 heteroatoms. The van der Waals surface area contributed by atoms with E-state index in [1.807, 2.05) is 0 Å². The Morgan fingerprint density at radius 3 is 2.04 bits per heavy atom. The van der Waals surface area contributed by atoms with Crippen molar-refractivity contribution < 1.29 is 19.6 Å². The topological polar surface area (TPSA) is 171 Å². The van der Waals surface area contributed by atoms with Crippen LogP contribution in [-0.2, 0) is 0 Å². The second kappa shape index (κ2) is 7.43. The molecular formula is C15H13N5O7. The molecule has 0 bridgehead atoms. The molecule has 0 radical (unpaired) electrons. The Kier molecular flexibility index (Phi) is 5.29. The first kappa shape index (κ1) is 19.2. The molecule has 2 N–H and O–H groups in total. The van der Waals surface area contributed by atoms with E-state index in [-0.39, 0.29) is 22.6 Å². The Balaban J connectivity index is 2.50. The third kappa shape index (κ3) is 3.95. The largest absolute Gasteiger partial charge is 0.382 e. The van der Waals surface area contributed by atoms with E-state index in [2.05, 4.69) is 10.6 Å². The highest BCUT2D eigenvalue weighted by Crippen LogP contribution is 2.34. The SMILES string of the molecule is CNc1c(C(=O)Nc2ccc([N+](=O)[O-])cc2C)cc([N+](=O)[O-])cc1[N+](=O)[O-]. The van der Waals surface area contributed by atoms with Crippen LogP contribution < -0.4 is 10.6 Å². The summed E-state index contributed by atoms with van der Waals surface area (Å²) in [6.45, 7) is 1.53. The standard InChI is InChI=1S/C15H13N5O7/c1-8-5-9(18(22)23)3-4-12(8)17-15(21)11-6-10(19(24)25)7-13(20(26)27)14(11)16-2/h3-7,16H,1-2H3,(H,17,21). The van der Waals surface area contributed by atoms with Crippen LogP contribution in [0.2, 0.25) is 0 Å². The smallest absolute Gasteiger partial charge is 0.300 e. The van der Waals surface area contributed by atoms with Crippen molar-refractivity contribution in [2.24, 2.45) is 0 Å². The molecule has 2 rings (SSSR count). The van der Waals surface area contributed by atoms with E-state index >= 15 is 0 Å². The van der Waals surface area contributed by atoms with Gasteiger partial charge in [0.15, 0.2) is 0 Å². The number of nitrogens with zero attached hydrogens (tertiary/aromatic N) is 3. The monoisotopic (exact) mass is 375 g/mol. The Morgan fingerprint density at radius 1 is 0.926 bits per heavy atom. The predicted octanol–water partition coefficient (Wildman–Crippen LogP) is 3.01. The zero-order valence-electron chi connectivity index (χ0n) is 14.1. The average molecular weight is 375 g/mol. The number of anilines is 2. The first-order valence-corrected chi connectivity index (χ1v) is 7.36. The second-order valence-electron chi connectivity index (χ2n) is 5.36. The summed E-state index contributed by atoms with van der Waals surface area (Å²) in [5, 5.41) is 38.0. The van der Waals surface area contributed by atoms with Gasteiger partial charge in [-0.2, -0.15) is 0 Å². The van der Waals surface area contributed by atoms with Crippen LogP contribution in [0.3, 0.4) is 0 Å². The van der Waals surface area contributed by atoms with Crippen molar-refractivity contribution in [1.29, 1.82) is 0 Å². The molecule has 0 aliphatic carbocycles. The minimum absolute atomic E-state index is 0.174. The van der Waals surface area contributed by atoms with Crippen molar-refractivity contribution in [3.8, 4) is 0 Å². The Morgan fingerprint density at radius 2 is 1.56 bits per heavy atom. The molecule has 0 saturated carbocycles. The van der Waals surface area contributed by atoms with Crippen LogP contribution in [0.15, 0.2) is 30.3 Å². The van der Waals surface area contributed by atoms with E-state index < -0.39 is 32.1 Å². The number of nitrogens with one attached hydrogen (secondary N) is 2. The molecular weight excluding hydrogens is 362 g/mol. The minimum Gasteiger partial charge on any atom is -0.382 e. The van der Waals surface area contributed by atoms with Crippen LogP contribution in [0.25, 0.3) is 0 Å². The highest BCUT2D eigenvalue weighted by molar-refractivity contribution is 6.10. The molecule has 0 saturated heterocycles. The number of hydrogen-bond acceptors (Lipinski definition) is 8. The van der Waals surface area contributed by atoms with Crippen LogP contribution in [-0.4, -0.2) is 27.7 Å². The molecule has 1 amide bonds. The first-order chi connectivity index (χ1) is 12.6. The maximum absolute atomic E-state index is 12.6. The zero-order chi connectivity index (χ0) is 20.3. The lowest BCUT2D eigenvalue weighted by atomic mass is 10.1. The quantitative estimate of drug-likeness (QED) is 0.573. The van der Waals surface area contributed by atoms with Crippen LogP contribution in [0.4, 0.5) is 28.4 Å². The Hall–Kier alpha value is -4.09. The van der Waals surface area contributed by atoms with Crippen molar-refractivity contribution in [2.45, 2.75) is 6.92 Å². The van der Waals surface area contributed by atoms with Gasteiger partial charge in [0, 0.05) is 30.9 Å². The number of aryl methyl sites for hydroxylation is 1. The van der Waals surface area contributed by atoms with Crippen LogP contribution in [0.1, 0.15) is 15.9 Å². The molecule has 0 spiro atoms. The van der Waals surface area contributed by atoms with E-state index in [0.717, 1.165) is 12.1 Å². The average Bonchev–Trinajstić information content (AvgIpc) is 2.61. The fraction of sp³-hybridized carbons (Fsp3) is 0.133. The third-order valence-electron chi connectivity index (χ3n) is 3.67. The van der Waals surface area contributed by atoms with Crippen LogP contribution in [0, 0.1) is 37.3 Å². The van der Waals surface area contributed by atoms with Gasteiger partial charge in [-0.05, 0) is 18.6 Å². The maximum Gasteiger partial charge on any atom is 0.300 e. The minimum atomic E-state index is -0.847. The third-order valence-corrected chi connectivity index (χ3v) is 3.67. The van der Waals surface area contributed by atoms with Gasteiger partial charge >= 0.3 is 0 Å². The summed E-state index contributed by atoms with van der Waals surface area (Å²) in [5.74, 6) is -0.844. The van der Waals surface area contributed by atoms with Crippen molar-refractivity contribution in [3.63, 3.8) is 0 Å². The predicted molar refractivity (Wildman–Crippen MR) is 95.1 cm³/mol. The Bertz CT molecular complexity index is 973. The van der Waals surface area contributed by atoms with Crippen molar-refractivity contribution in [1.82, 2.24) is 0 Å². The van der Waals surface area contributed by atoms with Crippen molar-refractivity contribution in [2.75, 3.05) is 17.7 Å². The van der Waals surface area contributed by atoms with E-state index in [1.165, 1.54) is 32.2 Å². The fourth-order valence-electron chi connectivity index (χ4n) is 2.39. The van der Waals surface area contributed by atoms with E-state index in [0.29, 0.717) is 5.56 Å². The zero-order valence-corrected chi connectivity index (χ0v) is 14.1. The van der Waals surface area contributed by atoms with Gasteiger partial charge < -0.3 is 10.6 Å². The van der Waals surface area contributed by atoms with Crippen molar-refractivity contribution >= 4 is 34.3 Å². The number of rotatable bonds is 6. The molecule has 2 aromatic rings. The van der Waals surface area contributed by atoms with Gasteiger partial charge in [-0.1, -0.05) is 0 Å². The lowest BCUT2D eigenvalue weighted by Crippen LogP contribution is -2.16. The normalized spacial score (nSPS) is 10.1. The lowest BCUT2D eigenvalue weighted by molar-refractivity contribution is -0.393. The number of nitro groups is 3. The fourth-order valence-corrected chi connectivity index (χ4v) is 2.39. The van der Waals surface area contributed by atoms with Gasteiger partial charge in [-0.15, -0.1) is 0 Å². The van der Waals surface area contributed by atoms with Gasteiger partial charge in [0.2, 0.25) is 0 Å². The molecule has 2 aromatic carbocycles. The number of benzene rings is 2. The molecule has 12 nitrogen and oxygen atoms in total. The first-order valence-electron chi connectivity index (χ1n) is 7.36. The summed E-state index contributed by atoms with van der Waals surface area (Å²) >= 11 is 0. The summed E-state index contributed by atoms with van der Waals surface area (Å²) in [6, 6.07) is 5.38. The molecule has 0 fully saturated rings. The molecule has 0 heterocycles. The lowest BCUT2D eigenvalue weighted by Gasteiger charge is -2.12. The van der Waals surface area contributed by atoms with Crippen LogP contribution >= 0.6 is 0 Å². The van der Waals surface area contributed by atoms with Crippen molar-refractivity contribution in [3.05, 3.63) is 71.8 Å². The Labute approximate surface area is 151 Å². The van der Waals surface area contributed by atoms with E-state index in [1.54, 1.807) is 0 Å². The summed E-state index contributed by atoms with van der Waals surface area (Å²) in [4.78, 5) is 43.3. The number of carbonyl (C=O) groups is 1. The summed E-state index contributed by atoms with van der Waals surface area (Å²) < 4.78 is 0. The summed E-state index contributed by atoms with van der Waals surface area (Å²) in [6.07, 6.45) is 0. The van der Waals surface area contributed by atoms with E-state index in [4.69, 9.17) is 0 Å². The van der Waals surface area contributed by atoms with Gasteiger partial charge in [0.1, 0.15) is 5.69 Å². The molecule has 0 aromatic heterocycles. The van der Waals surface area contributed by atoms with Gasteiger partial charge in [0.05, 0.1) is 26.4 Å². The molecule has 0 aliphatic heterocycles. The molecule has 27 heavy (non-hydrogen) atoms. The maximum atomic E-state index is 12.6.